The van der Waals surface area contributed by atoms with Gasteiger partial charge in [0.2, 0.25) is 0 Å². The van der Waals surface area contributed by atoms with Gasteiger partial charge in [-0.25, -0.2) is 26.3 Å². The molecule has 0 bridgehead atoms. The van der Waals surface area contributed by atoms with Crippen LogP contribution in [-0.4, -0.2) is 7.32 Å². The molecule has 3 rings (SSSR count). The molecule has 0 aliphatic rings. The minimum Gasteiger partial charge on any atom is -0.487 e. The van der Waals surface area contributed by atoms with Crippen molar-refractivity contribution in [3.63, 3.8) is 0 Å². The highest BCUT2D eigenvalue weighted by Gasteiger charge is 2.34. The first-order valence-corrected chi connectivity index (χ1v) is 8.92. The van der Waals surface area contributed by atoms with E-state index in [9.17, 15) is 26.3 Å². The topological polar surface area (TPSA) is 27.7 Å². The molecule has 0 N–H and O–H groups in total. The zero-order valence-corrected chi connectivity index (χ0v) is 16.5. The van der Waals surface area contributed by atoms with Gasteiger partial charge in [-0.05, 0) is 55.7 Å². The van der Waals surface area contributed by atoms with Crippen LogP contribution in [-0.2, 0) is 0 Å². The first-order valence-electron chi connectivity index (χ1n) is 8.92. The van der Waals surface area contributed by atoms with E-state index in [2.05, 4.69) is 0 Å². The molecular weight excluding hydrogens is 425 g/mol. The molecule has 0 unspecified atom stereocenters. The molecule has 162 valence electrons. The second-order valence-corrected chi connectivity index (χ2v) is 6.74. The summed E-state index contributed by atoms with van der Waals surface area (Å²) in [4.78, 5) is 0. The predicted molar refractivity (Wildman–Crippen MR) is 101 cm³/mol. The van der Waals surface area contributed by atoms with Crippen LogP contribution in [0.25, 0.3) is 0 Å². The maximum atomic E-state index is 14.1. The molecule has 0 atom stereocenters. The number of benzene rings is 3. The molecule has 0 aliphatic heterocycles. The van der Waals surface area contributed by atoms with Gasteiger partial charge in [0.15, 0.2) is 17.5 Å². The average Bonchev–Trinajstić information content (AvgIpc) is 2.68. The van der Waals surface area contributed by atoms with Crippen molar-refractivity contribution in [2.45, 2.75) is 20.8 Å². The van der Waals surface area contributed by atoms with Crippen molar-refractivity contribution in [2.75, 3.05) is 0 Å². The third-order valence-electron chi connectivity index (χ3n) is 4.31. The summed E-state index contributed by atoms with van der Waals surface area (Å²) in [5.74, 6) is -7.55. The molecule has 0 saturated carbocycles. The third kappa shape index (κ3) is 5.07. The Morgan fingerprint density at radius 2 is 0.710 bits per heavy atom. The van der Waals surface area contributed by atoms with Crippen LogP contribution < -0.4 is 14.0 Å². The molecule has 10 heteroatoms. The Morgan fingerprint density at radius 1 is 0.452 bits per heavy atom. The molecule has 0 heterocycles. The van der Waals surface area contributed by atoms with Crippen LogP contribution in [0.5, 0.6) is 17.2 Å². The van der Waals surface area contributed by atoms with E-state index in [1.165, 1.54) is 20.8 Å². The number of hydrogen-bond donors (Lipinski definition) is 0. The first-order chi connectivity index (χ1) is 14.5. The fourth-order valence-corrected chi connectivity index (χ4v) is 2.55. The maximum absolute atomic E-state index is 14.1. The van der Waals surface area contributed by atoms with Crippen molar-refractivity contribution in [1.29, 1.82) is 0 Å². The van der Waals surface area contributed by atoms with Crippen LogP contribution in [0.15, 0.2) is 36.4 Å². The molecule has 0 amide bonds. The number of rotatable bonds is 6. The van der Waals surface area contributed by atoms with Crippen LogP contribution in [0.2, 0.25) is 0 Å². The van der Waals surface area contributed by atoms with E-state index >= 15 is 0 Å². The van der Waals surface area contributed by atoms with Gasteiger partial charge in [0, 0.05) is 18.2 Å². The van der Waals surface area contributed by atoms with E-state index in [1.807, 2.05) is 0 Å². The van der Waals surface area contributed by atoms with Crippen molar-refractivity contribution < 1.29 is 40.3 Å². The molecule has 0 saturated heterocycles. The van der Waals surface area contributed by atoms with Crippen molar-refractivity contribution in [3.05, 3.63) is 88.0 Å². The first kappa shape index (κ1) is 22.4. The lowest BCUT2D eigenvalue weighted by Gasteiger charge is -2.18. The van der Waals surface area contributed by atoms with Crippen LogP contribution in [0, 0.1) is 55.7 Å². The van der Waals surface area contributed by atoms with Crippen molar-refractivity contribution in [2.24, 2.45) is 0 Å². The third-order valence-corrected chi connectivity index (χ3v) is 4.31. The van der Waals surface area contributed by atoms with Crippen molar-refractivity contribution in [3.8, 4) is 17.2 Å². The number of halogens is 6. The number of hydrogen-bond acceptors (Lipinski definition) is 3. The van der Waals surface area contributed by atoms with Crippen LogP contribution in [0.1, 0.15) is 16.7 Å². The summed E-state index contributed by atoms with van der Waals surface area (Å²) in [6.07, 6.45) is 0. The largest absolute Gasteiger partial charge is 0.864 e. The Morgan fingerprint density at radius 3 is 0.968 bits per heavy atom. The fraction of sp³-hybridized carbons (Fsp3) is 0.143. The summed E-state index contributed by atoms with van der Waals surface area (Å²) in [6.45, 7) is 4.01. The smallest absolute Gasteiger partial charge is 0.487 e. The molecule has 31 heavy (non-hydrogen) atoms. The van der Waals surface area contributed by atoms with Gasteiger partial charge in [-0.3, -0.25) is 0 Å². The van der Waals surface area contributed by atoms with Gasteiger partial charge in [-0.1, -0.05) is 0 Å². The Bertz CT molecular complexity index is 997. The molecule has 3 nitrogen and oxygen atoms in total. The van der Waals surface area contributed by atoms with Gasteiger partial charge < -0.3 is 14.0 Å². The Hall–Kier alpha value is -3.30. The Kier molecular flexibility index (Phi) is 6.38. The summed E-state index contributed by atoms with van der Waals surface area (Å²) in [5.41, 5.74) is 0.0493. The second kappa shape index (κ2) is 8.83. The van der Waals surface area contributed by atoms with E-state index in [-0.39, 0.29) is 16.7 Å². The highest BCUT2D eigenvalue weighted by molar-refractivity contribution is 6.39. The van der Waals surface area contributed by atoms with Crippen molar-refractivity contribution >= 4 is 7.32 Å². The predicted octanol–water partition coefficient (Wildman–Crippen LogP) is 5.97. The highest BCUT2D eigenvalue weighted by atomic mass is 19.2. The van der Waals surface area contributed by atoms with E-state index in [1.54, 1.807) is 0 Å². The lowest BCUT2D eigenvalue weighted by Crippen LogP contribution is -2.38. The second-order valence-electron chi connectivity index (χ2n) is 6.74. The van der Waals surface area contributed by atoms with Crippen LogP contribution >= 0.6 is 0 Å². The number of aryl methyl sites for hydroxylation is 3. The van der Waals surface area contributed by atoms with Gasteiger partial charge in [-0.15, -0.1) is 0 Å². The van der Waals surface area contributed by atoms with E-state index in [0.29, 0.717) is 18.2 Å². The van der Waals surface area contributed by atoms with Gasteiger partial charge >= 0.3 is 7.32 Å². The monoisotopic (exact) mass is 440 g/mol. The SMILES string of the molecule is Cc1cc(OB(Oc2cc(C)c(F)cc2F)Oc2cc(C)c(F)cc2F)c(F)cc1F. The molecule has 0 spiro atoms. The summed E-state index contributed by atoms with van der Waals surface area (Å²) in [7, 11) is -2.00. The zero-order chi connectivity index (χ0) is 22.9. The standard InChI is InChI=1S/C21H15BF6O3/c1-10-4-19(16(26)7-13(10)23)29-22(30-20-5-11(2)14(24)8-17(20)27)31-21-6-12(3)15(25)9-18(21)28/h4-9H,1-3H3. The Labute approximate surface area is 174 Å². The summed E-state index contributed by atoms with van der Waals surface area (Å²) in [5, 5.41) is 0. The highest BCUT2D eigenvalue weighted by Crippen LogP contribution is 2.27. The zero-order valence-electron chi connectivity index (χ0n) is 16.5. The molecule has 0 aliphatic carbocycles. The summed E-state index contributed by atoms with van der Waals surface area (Å²) >= 11 is 0. The molecule has 0 radical (unpaired) electrons. The van der Waals surface area contributed by atoms with Crippen LogP contribution in [0.3, 0.4) is 0 Å². The molecule has 0 fully saturated rings. The lowest BCUT2D eigenvalue weighted by molar-refractivity contribution is 0.286. The van der Waals surface area contributed by atoms with Crippen molar-refractivity contribution in [1.82, 2.24) is 0 Å². The summed E-state index contributed by atoms with van der Waals surface area (Å²) < 4.78 is 98.7. The molecule has 3 aromatic carbocycles. The van der Waals surface area contributed by atoms with E-state index in [0.717, 1.165) is 18.2 Å². The fourth-order valence-electron chi connectivity index (χ4n) is 2.55. The van der Waals surface area contributed by atoms with Crippen LogP contribution in [0.4, 0.5) is 26.3 Å². The maximum Gasteiger partial charge on any atom is 0.864 e. The quantitative estimate of drug-likeness (QED) is 0.350. The van der Waals surface area contributed by atoms with E-state index in [4.69, 9.17) is 14.0 Å². The van der Waals surface area contributed by atoms with Gasteiger partial charge in [0.05, 0.1) is 0 Å². The van der Waals surface area contributed by atoms with Gasteiger partial charge in [0.25, 0.3) is 0 Å². The Balaban J connectivity index is 1.99. The van der Waals surface area contributed by atoms with Gasteiger partial charge in [-0.2, -0.15) is 0 Å². The molecular formula is C21H15BF6O3. The lowest BCUT2D eigenvalue weighted by atomic mass is 10.1. The molecule has 3 aromatic rings. The van der Waals surface area contributed by atoms with E-state index < -0.39 is 59.5 Å². The molecule has 0 aromatic heterocycles. The summed E-state index contributed by atoms with van der Waals surface area (Å²) in [6, 6.07) is 4.61. The normalized spacial score (nSPS) is 10.7. The minimum absolute atomic E-state index is 0.0164. The minimum atomic E-state index is -2.00. The average molecular weight is 440 g/mol. The van der Waals surface area contributed by atoms with Gasteiger partial charge in [0.1, 0.15) is 34.7 Å².